The summed E-state index contributed by atoms with van der Waals surface area (Å²) in [6.45, 7) is 12.3. The Morgan fingerprint density at radius 3 is 2.41 bits per heavy atom. The van der Waals surface area contributed by atoms with E-state index in [0.717, 1.165) is 29.9 Å². The molecule has 1 rings (SSSR count). The summed E-state index contributed by atoms with van der Waals surface area (Å²) in [5.74, 6) is 1.49. The lowest BCUT2D eigenvalue weighted by molar-refractivity contribution is 0.175. The molecule has 2 heteroatoms. The molecular weight excluding hydrogens is 272 g/mol. The van der Waals surface area contributed by atoms with Crippen LogP contribution in [0.3, 0.4) is 0 Å². The zero-order valence-corrected chi connectivity index (χ0v) is 13.7. The van der Waals surface area contributed by atoms with Crippen LogP contribution in [0.25, 0.3) is 0 Å². The molecule has 0 aliphatic heterocycles. The Kier molecular flexibility index (Phi) is 8.51. The summed E-state index contributed by atoms with van der Waals surface area (Å²) in [7, 11) is 0. The Morgan fingerprint density at radius 2 is 1.86 bits per heavy atom. The van der Waals surface area contributed by atoms with E-state index in [9.17, 15) is 0 Å². The minimum atomic E-state index is 0.443. The minimum Gasteiger partial charge on any atom is -0.485 e. The molecule has 0 radical (unpaired) electrons. The number of rotatable bonds is 9. The van der Waals surface area contributed by atoms with Gasteiger partial charge in [-0.05, 0) is 50.0 Å². The number of allylic oxidation sites excluding steroid dienone is 6. The normalized spacial score (nSPS) is 16.1. The molecule has 0 atom stereocenters. The monoisotopic (exact) mass is 298 g/mol. The van der Waals surface area contributed by atoms with Crippen LogP contribution >= 0.6 is 0 Å². The van der Waals surface area contributed by atoms with Crippen molar-refractivity contribution in [2.45, 2.75) is 26.7 Å². The van der Waals surface area contributed by atoms with Crippen LogP contribution in [0.15, 0.2) is 84.4 Å². The van der Waals surface area contributed by atoms with Crippen molar-refractivity contribution >= 4 is 0 Å². The first-order valence-electron chi connectivity index (χ1n) is 7.63. The minimum absolute atomic E-state index is 0.443. The molecule has 118 valence electrons. The molecule has 0 aromatic rings. The molecule has 0 saturated carbocycles. The van der Waals surface area contributed by atoms with Gasteiger partial charge in [0.2, 0.25) is 0 Å². The fraction of sp³-hybridized carbons (Fsp3) is 0.300. The van der Waals surface area contributed by atoms with E-state index in [1.807, 2.05) is 32.1 Å². The van der Waals surface area contributed by atoms with Gasteiger partial charge in [-0.15, -0.1) is 0 Å². The molecule has 1 aliphatic carbocycles. The lowest BCUT2D eigenvalue weighted by Gasteiger charge is -2.16. The summed E-state index contributed by atoms with van der Waals surface area (Å²) < 4.78 is 11.7. The predicted molar refractivity (Wildman–Crippen MR) is 94.4 cm³/mol. The first-order chi connectivity index (χ1) is 10.7. The van der Waals surface area contributed by atoms with Gasteiger partial charge in [0.05, 0.1) is 0 Å². The second kappa shape index (κ2) is 10.5. The van der Waals surface area contributed by atoms with Crippen molar-refractivity contribution in [3.8, 4) is 0 Å². The van der Waals surface area contributed by atoms with Crippen molar-refractivity contribution in [2.24, 2.45) is 0 Å². The van der Waals surface area contributed by atoms with Crippen LogP contribution < -0.4 is 0 Å². The summed E-state index contributed by atoms with van der Waals surface area (Å²) in [4.78, 5) is 0. The van der Waals surface area contributed by atoms with Gasteiger partial charge in [-0.3, -0.25) is 0 Å². The summed E-state index contributed by atoms with van der Waals surface area (Å²) in [5.41, 5.74) is 2.18. The van der Waals surface area contributed by atoms with Crippen LogP contribution in [0.2, 0.25) is 0 Å². The number of hydrogen-bond acceptors (Lipinski definition) is 2. The van der Waals surface area contributed by atoms with E-state index in [-0.39, 0.29) is 0 Å². The quantitative estimate of drug-likeness (QED) is 0.419. The maximum atomic E-state index is 5.89. The molecule has 0 heterocycles. The van der Waals surface area contributed by atoms with E-state index >= 15 is 0 Å². The van der Waals surface area contributed by atoms with Crippen LogP contribution in [-0.4, -0.2) is 13.2 Å². The highest BCUT2D eigenvalue weighted by Crippen LogP contribution is 2.18. The molecule has 0 fully saturated rings. The Labute approximate surface area is 134 Å². The zero-order chi connectivity index (χ0) is 16.2. The lowest BCUT2D eigenvalue weighted by atomic mass is 10.1. The van der Waals surface area contributed by atoms with Gasteiger partial charge < -0.3 is 9.47 Å². The number of ether oxygens (including phenoxy) is 2. The SMILES string of the molecule is C=C/C=C(\C=C)COC(=C/C)/C(=C\C)OCC1=CCCC=C1. The zero-order valence-electron chi connectivity index (χ0n) is 13.7. The fourth-order valence-electron chi connectivity index (χ4n) is 2.02. The third-order valence-electron chi connectivity index (χ3n) is 3.22. The van der Waals surface area contributed by atoms with Crippen molar-refractivity contribution in [3.05, 3.63) is 84.4 Å². The molecule has 0 amide bonds. The fourth-order valence-corrected chi connectivity index (χ4v) is 2.02. The Balaban J connectivity index is 2.60. The summed E-state index contributed by atoms with van der Waals surface area (Å²) in [6, 6.07) is 0. The van der Waals surface area contributed by atoms with Crippen LogP contribution in [-0.2, 0) is 9.47 Å². The smallest absolute Gasteiger partial charge is 0.157 e. The third-order valence-corrected chi connectivity index (χ3v) is 3.22. The van der Waals surface area contributed by atoms with Crippen LogP contribution in [0, 0.1) is 0 Å². The topological polar surface area (TPSA) is 18.5 Å². The van der Waals surface area contributed by atoms with Crippen LogP contribution in [0.5, 0.6) is 0 Å². The lowest BCUT2D eigenvalue weighted by Crippen LogP contribution is -2.05. The van der Waals surface area contributed by atoms with Gasteiger partial charge in [-0.1, -0.05) is 49.6 Å². The van der Waals surface area contributed by atoms with E-state index < -0.39 is 0 Å². The van der Waals surface area contributed by atoms with Crippen molar-refractivity contribution < 1.29 is 9.47 Å². The Hall–Kier alpha value is -2.22. The predicted octanol–water partition coefficient (Wildman–Crippen LogP) is 5.40. The highest BCUT2D eigenvalue weighted by Gasteiger charge is 2.08. The molecule has 2 nitrogen and oxygen atoms in total. The van der Waals surface area contributed by atoms with E-state index in [4.69, 9.17) is 9.47 Å². The summed E-state index contributed by atoms with van der Waals surface area (Å²) >= 11 is 0. The summed E-state index contributed by atoms with van der Waals surface area (Å²) in [5, 5.41) is 0. The van der Waals surface area contributed by atoms with Gasteiger partial charge in [-0.2, -0.15) is 0 Å². The highest BCUT2D eigenvalue weighted by atomic mass is 16.5. The average molecular weight is 298 g/mol. The second-order valence-electron chi connectivity index (χ2n) is 4.82. The largest absolute Gasteiger partial charge is 0.485 e. The highest BCUT2D eigenvalue weighted by molar-refractivity contribution is 5.26. The maximum absolute atomic E-state index is 5.89. The van der Waals surface area contributed by atoms with E-state index in [1.54, 1.807) is 12.2 Å². The van der Waals surface area contributed by atoms with Crippen LogP contribution in [0.1, 0.15) is 26.7 Å². The first-order valence-corrected chi connectivity index (χ1v) is 7.63. The summed E-state index contributed by atoms with van der Waals surface area (Å²) in [6.07, 6.45) is 17.9. The van der Waals surface area contributed by atoms with Gasteiger partial charge in [0.1, 0.15) is 13.2 Å². The molecular formula is C20H26O2. The van der Waals surface area contributed by atoms with Gasteiger partial charge in [0.25, 0.3) is 0 Å². The average Bonchev–Trinajstić information content (AvgIpc) is 2.57. The molecule has 0 unspecified atom stereocenters. The molecule has 0 spiro atoms. The van der Waals surface area contributed by atoms with Gasteiger partial charge in [-0.25, -0.2) is 0 Å². The molecule has 0 bridgehead atoms. The molecule has 0 aromatic heterocycles. The van der Waals surface area contributed by atoms with Crippen molar-refractivity contribution in [1.29, 1.82) is 0 Å². The molecule has 1 aliphatic rings. The molecule has 0 saturated heterocycles. The molecule has 0 aromatic carbocycles. The van der Waals surface area contributed by atoms with E-state index in [2.05, 4.69) is 31.4 Å². The van der Waals surface area contributed by atoms with Crippen molar-refractivity contribution in [3.63, 3.8) is 0 Å². The van der Waals surface area contributed by atoms with E-state index in [1.165, 1.54) is 5.57 Å². The Morgan fingerprint density at radius 1 is 1.14 bits per heavy atom. The van der Waals surface area contributed by atoms with Crippen LogP contribution in [0.4, 0.5) is 0 Å². The van der Waals surface area contributed by atoms with Crippen molar-refractivity contribution in [1.82, 2.24) is 0 Å². The standard InChI is InChI=1S/C20H26O2/c1-5-12-17(6-2)15-21-19(7-3)20(8-4)22-16-18-13-10-9-11-14-18/h5-8,10,12-14H,1-2,9,11,15-16H2,3-4H3/b17-12+,19-7+,20-8+. The number of hydrogen-bond donors (Lipinski definition) is 0. The maximum Gasteiger partial charge on any atom is 0.157 e. The van der Waals surface area contributed by atoms with Gasteiger partial charge >= 0.3 is 0 Å². The van der Waals surface area contributed by atoms with Gasteiger partial charge in [0.15, 0.2) is 11.5 Å². The third kappa shape index (κ3) is 6.04. The van der Waals surface area contributed by atoms with Gasteiger partial charge in [0, 0.05) is 0 Å². The first kappa shape index (κ1) is 17.8. The second-order valence-corrected chi connectivity index (χ2v) is 4.82. The van der Waals surface area contributed by atoms with E-state index in [0.29, 0.717) is 13.2 Å². The Bertz CT molecular complexity index is 528. The van der Waals surface area contributed by atoms with Crippen molar-refractivity contribution in [2.75, 3.05) is 13.2 Å². The molecule has 22 heavy (non-hydrogen) atoms. The molecule has 0 N–H and O–H groups in total.